The zero-order valence-electron chi connectivity index (χ0n) is 20.7. The Hall–Kier alpha value is -4.00. The molecule has 0 unspecified atom stereocenters. The first-order valence-electron chi connectivity index (χ1n) is 11.2. The van der Waals surface area contributed by atoms with Crippen molar-refractivity contribution >= 4 is 45.5 Å². The Balaban J connectivity index is 1.86. The highest BCUT2D eigenvalue weighted by Gasteiger charge is 2.51. The van der Waals surface area contributed by atoms with E-state index in [1.54, 1.807) is 0 Å². The largest absolute Gasteiger partial charge is 0.475 e. The number of aromatic nitrogens is 3. The number of methoxy groups -OCH3 is 1. The highest BCUT2D eigenvalue weighted by atomic mass is 32.1. The number of fused-ring (bicyclic) bond motifs is 1. The van der Waals surface area contributed by atoms with Crippen LogP contribution in [0.3, 0.4) is 0 Å². The molecule has 3 heterocycles. The second-order valence-electron chi connectivity index (χ2n) is 8.79. The summed E-state index contributed by atoms with van der Waals surface area (Å²) in [4.78, 5) is 27.5. The smallest absolute Gasteiger partial charge is 0.419 e. The summed E-state index contributed by atoms with van der Waals surface area (Å²) in [5.74, 6) is -1.47. The van der Waals surface area contributed by atoms with Gasteiger partial charge in [-0.2, -0.15) is 23.4 Å². The van der Waals surface area contributed by atoms with Gasteiger partial charge < -0.3 is 19.5 Å². The Kier molecular flexibility index (Phi) is 7.39. The molecule has 15 heteroatoms. The molecular formula is C24H20F4N6O4S. The highest BCUT2D eigenvalue weighted by molar-refractivity contribution is 7.81. The SMILES string of the molecule is COCc1nc(OCCO)c2cc(N3C(=S)N(c4cnc(C#N)c(C(F)(F)F)c4)C(=O)C3(C)C)cc(F)c2n1. The lowest BCUT2D eigenvalue weighted by Gasteiger charge is -2.29. The highest BCUT2D eigenvalue weighted by Crippen LogP contribution is 2.40. The van der Waals surface area contributed by atoms with Crippen molar-refractivity contribution in [1.82, 2.24) is 15.0 Å². The number of alkyl halides is 3. The zero-order chi connectivity index (χ0) is 28.7. The maximum Gasteiger partial charge on any atom is 0.419 e. The number of halogens is 4. The molecule has 3 aromatic rings. The summed E-state index contributed by atoms with van der Waals surface area (Å²) in [5.41, 5.74) is -4.04. The van der Waals surface area contributed by atoms with Crippen molar-refractivity contribution in [3.8, 4) is 11.9 Å². The Morgan fingerprint density at radius 3 is 2.54 bits per heavy atom. The standard InChI is InChI=1S/C24H20F4N6O4S/c1-23(2)21(36)33(13-7-15(24(26,27)28)17(9-29)30-10-13)22(39)34(23)12-6-14-19(16(25)8-12)31-18(11-37-3)32-20(14)38-5-4-35/h6-8,10,35H,4-5,11H2,1-3H3. The maximum atomic E-state index is 15.4. The molecule has 1 saturated heterocycles. The molecule has 39 heavy (non-hydrogen) atoms. The molecule has 1 aliphatic heterocycles. The lowest BCUT2D eigenvalue weighted by molar-refractivity contribution is -0.138. The fourth-order valence-electron chi connectivity index (χ4n) is 4.11. The monoisotopic (exact) mass is 564 g/mol. The molecule has 1 N–H and O–H groups in total. The average molecular weight is 565 g/mol. The number of aliphatic hydroxyl groups is 1. The number of rotatable bonds is 7. The van der Waals surface area contributed by atoms with E-state index in [1.807, 2.05) is 0 Å². The summed E-state index contributed by atoms with van der Waals surface area (Å²) in [7, 11) is 1.40. The van der Waals surface area contributed by atoms with Crippen LogP contribution >= 0.6 is 12.2 Å². The number of hydrogen-bond acceptors (Lipinski definition) is 9. The molecule has 10 nitrogen and oxygen atoms in total. The number of anilines is 2. The fraction of sp³-hybridized carbons (Fsp3) is 0.333. The zero-order valence-corrected chi connectivity index (χ0v) is 21.5. The van der Waals surface area contributed by atoms with Crippen LogP contribution in [0, 0.1) is 17.1 Å². The molecule has 0 radical (unpaired) electrons. The van der Waals surface area contributed by atoms with Gasteiger partial charge in [-0.3, -0.25) is 9.69 Å². The van der Waals surface area contributed by atoms with Crippen LogP contribution in [0.4, 0.5) is 28.9 Å². The first-order valence-corrected chi connectivity index (χ1v) is 11.6. The molecule has 0 spiro atoms. The minimum atomic E-state index is -4.91. The summed E-state index contributed by atoms with van der Waals surface area (Å²) in [6.45, 7) is 2.38. The van der Waals surface area contributed by atoms with Gasteiger partial charge in [-0.25, -0.2) is 14.4 Å². The average Bonchev–Trinajstić information content (AvgIpc) is 3.05. The van der Waals surface area contributed by atoms with Gasteiger partial charge in [-0.15, -0.1) is 0 Å². The molecule has 1 fully saturated rings. The number of thiocarbonyl (C=S) groups is 1. The van der Waals surface area contributed by atoms with Crippen LogP contribution in [0.5, 0.6) is 5.88 Å². The van der Waals surface area contributed by atoms with Crippen LogP contribution in [-0.2, 0) is 22.3 Å². The lowest BCUT2D eigenvalue weighted by atomic mass is 10.0. The van der Waals surface area contributed by atoms with Gasteiger partial charge in [0.1, 0.15) is 30.3 Å². The van der Waals surface area contributed by atoms with Gasteiger partial charge in [0.2, 0.25) is 5.88 Å². The molecule has 1 aromatic carbocycles. The third-order valence-corrected chi connectivity index (χ3v) is 6.19. The molecule has 204 valence electrons. The van der Waals surface area contributed by atoms with Gasteiger partial charge in [0.15, 0.2) is 22.4 Å². The minimum absolute atomic E-state index is 0.0438. The number of amides is 1. The quantitative estimate of drug-likeness (QED) is 0.337. The lowest BCUT2D eigenvalue weighted by Crippen LogP contribution is -2.44. The summed E-state index contributed by atoms with van der Waals surface area (Å²) in [6.07, 6.45) is -3.98. The van der Waals surface area contributed by atoms with E-state index < -0.39 is 34.7 Å². The van der Waals surface area contributed by atoms with E-state index in [4.69, 9.17) is 27.0 Å². The number of nitrogens with zero attached hydrogens (tertiary/aromatic N) is 6. The van der Waals surface area contributed by atoms with E-state index in [0.717, 1.165) is 17.2 Å². The molecule has 0 aliphatic carbocycles. The van der Waals surface area contributed by atoms with Gasteiger partial charge in [-0.05, 0) is 44.3 Å². The van der Waals surface area contributed by atoms with Crippen LogP contribution in [-0.4, -0.2) is 56.9 Å². The second kappa shape index (κ2) is 10.3. The van der Waals surface area contributed by atoms with Crippen molar-refractivity contribution in [1.29, 1.82) is 5.26 Å². The Morgan fingerprint density at radius 1 is 1.21 bits per heavy atom. The minimum Gasteiger partial charge on any atom is -0.475 e. The Bertz CT molecular complexity index is 1530. The number of pyridine rings is 1. The number of aliphatic hydroxyl groups excluding tert-OH is 1. The molecule has 1 aliphatic rings. The normalized spacial score (nSPS) is 15.3. The Labute approximate surface area is 224 Å². The number of benzene rings is 1. The van der Waals surface area contributed by atoms with Crippen LogP contribution < -0.4 is 14.5 Å². The van der Waals surface area contributed by atoms with Crippen LogP contribution in [0.15, 0.2) is 24.4 Å². The molecule has 2 aromatic heterocycles. The number of carbonyl (C=O) groups excluding carboxylic acids is 1. The van der Waals surface area contributed by atoms with Gasteiger partial charge in [-0.1, -0.05) is 0 Å². The maximum absolute atomic E-state index is 15.4. The fourth-order valence-corrected chi connectivity index (χ4v) is 4.63. The van der Waals surface area contributed by atoms with Gasteiger partial charge in [0.05, 0.1) is 29.4 Å². The summed E-state index contributed by atoms with van der Waals surface area (Å²) < 4.78 is 66.6. The molecule has 0 bridgehead atoms. The first-order chi connectivity index (χ1) is 18.3. The van der Waals surface area contributed by atoms with E-state index in [2.05, 4.69) is 15.0 Å². The van der Waals surface area contributed by atoms with Gasteiger partial charge in [0.25, 0.3) is 5.91 Å². The molecular weight excluding hydrogens is 544 g/mol. The van der Waals surface area contributed by atoms with Gasteiger partial charge in [0, 0.05) is 12.8 Å². The van der Waals surface area contributed by atoms with Crippen molar-refractivity contribution in [2.45, 2.75) is 32.2 Å². The topological polar surface area (TPSA) is 125 Å². The predicted molar refractivity (Wildman–Crippen MR) is 133 cm³/mol. The predicted octanol–water partition coefficient (Wildman–Crippen LogP) is 3.49. The third kappa shape index (κ3) is 4.93. The summed E-state index contributed by atoms with van der Waals surface area (Å²) in [6, 6.07) is 4.49. The first kappa shape index (κ1) is 28.0. The van der Waals surface area contributed by atoms with E-state index >= 15 is 4.39 Å². The number of ether oxygens (including phenoxy) is 2. The van der Waals surface area contributed by atoms with E-state index in [1.165, 1.54) is 38.0 Å². The van der Waals surface area contributed by atoms with E-state index in [-0.39, 0.29) is 58.9 Å². The van der Waals surface area contributed by atoms with Crippen molar-refractivity contribution in [2.24, 2.45) is 0 Å². The summed E-state index contributed by atoms with van der Waals surface area (Å²) >= 11 is 5.50. The molecule has 0 atom stereocenters. The third-order valence-electron chi connectivity index (χ3n) is 5.82. The van der Waals surface area contributed by atoms with E-state index in [9.17, 15) is 23.1 Å². The number of nitriles is 1. The molecule has 4 rings (SSSR count). The molecule has 0 saturated carbocycles. The van der Waals surface area contributed by atoms with Crippen molar-refractivity contribution in [3.63, 3.8) is 0 Å². The van der Waals surface area contributed by atoms with Crippen LogP contribution in [0.25, 0.3) is 10.9 Å². The number of carbonyl (C=O) groups is 1. The van der Waals surface area contributed by atoms with Crippen molar-refractivity contribution in [3.05, 3.63) is 47.3 Å². The Morgan fingerprint density at radius 2 is 1.92 bits per heavy atom. The van der Waals surface area contributed by atoms with Crippen LogP contribution in [0.1, 0.15) is 30.9 Å². The van der Waals surface area contributed by atoms with E-state index in [0.29, 0.717) is 6.07 Å². The van der Waals surface area contributed by atoms with Crippen molar-refractivity contribution < 1.29 is 36.9 Å². The molecule has 1 amide bonds. The van der Waals surface area contributed by atoms with Crippen LogP contribution in [0.2, 0.25) is 0 Å². The van der Waals surface area contributed by atoms with Gasteiger partial charge >= 0.3 is 6.18 Å². The summed E-state index contributed by atoms with van der Waals surface area (Å²) in [5, 5.41) is 18.1. The number of hydrogen-bond donors (Lipinski definition) is 1. The second-order valence-corrected chi connectivity index (χ2v) is 9.16. The van der Waals surface area contributed by atoms with Crippen molar-refractivity contribution in [2.75, 3.05) is 30.1 Å².